The van der Waals surface area contributed by atoms with E-state index >= 15 is 0 Å². The highest BCUT2D eigenvalue weighted by Crippen LogP contribution is 2.20. The number of terminal acetylenes is 1. The average Bonchev–Trinajstić information content (AvgIpc) is 2.39. The predicted octanol–water partition coefficient (Wildman–Crippen LogP) is 1.77. The van der Waals surface area contributed by atoms with E-state index in [4.69, 9.17) is 6.42 Å². The molecule has 0 N–H and O–H groups in total. The Morgan fingerprint density at radius 1 is 1.40 bits per heavy atom. The van der Waals surface area contributed by atoms with Crippen LogP contribution in [0.2, 0.25) is 0 Å². The Morgan fingerprint density at radius 3 is 2.65 bits per heavy atom. The van der Waals surface area contributed by atoms with Crippen molar-refractivity contribution in [2.75, 3.05) is 12.8 Å². The van der Waals surface area contributed by atoms with E-state index in [2.05, 4.69) is 5.92 Å². The van der Waals surface area contributed by atoms with Gasteiger partial charge in [0.15, 0.2) is 0 Å². The van der Waals surface area contributed by atoms with Crippen molar-refractivity contribution in [3.8, 4) is 12.3 Å². The molecule has 1 aromatic carbocycles. The summed E-state index contributed by atoms with van der Waals surface area (Å²) in [5, 5.41) is 10.9. The first-order valence-electron chi connectivity index (χ1n) is 5.98. The number of para-hydroxylation sites is 1. The van der Waals surface area contributed by atoms with E-state index in [1.807, 2.05) is 0 Å². The highest BCUT2D eigenvalue weighted by Gasteiger charge is 2.21. The lowest BCUT2D eigenvalue weighted by Gasteiger charge is -2.16. The van der Waals surface area contributed by atoms with Crippen molar-refractivity contribution in [2.45, 2.75) is 19.4 Å². The molecule has 6 nitrogen and oxygen atoms in total. The van der Waals surface area contributed by atoms with Crippen molar-refractivity contribution >= 4 is 15.7 Å². The molecule has 0 spiro atoms. The van der Waals surface area contributed by atoms with Gasteiger partial charge in [0.2, 0.25) is 10.0 Å². The Morgan fingerprint density at radius 2 is 2.05 bits per heavy atom. The van der Waals surface area contributed by atoms with Crippen LogP contribution in [0.15, 0.2) is 24.3 Å². The molecule has 0 unspecified atom stereocenters. The van der Waals surface area contributed by atoms with Gasteiger partial charge in [-0.05, 0) is 6.42 Å². The molecule has 0 atom stereocenters. The van der Waals surface area contributed by atoms with Crippen LogP contribution in [-0.4, -0.2) is 30.4 Å². The molecular weight excluding hydrogens is 280 g/mol. The molecule has 20 heavy (non-hydrogen) atoms. The second-order valence-corrected chi connectivity index (χ2v) is 6.46. The van der Waals surface area contributed by atoms with E-state index in [9.17, 15) is 18.5 Å². The molecule has 0 bridgehead atoms. The lowest BCUT2D eigenvalue weighted by atomic mass is 10.2. The van der Waals surface area contributed by atoms with Crippen molar-refractivity contribution in [1.29, 1.82) is 0 Å². The average molecular weight is 296 g/mol. The van der Waals surface area contributed by atoms with E-state index in [1.165, 1.54) is 13.1 Å². The smallest absolute Gasteiger partial charge is 0.258 e. The molecule has 1 rings (SSSR count). The first-order chi connectivity index (χ1) is 9.38. The number of hydrogen-bond acceptors (Lipinski definition) is 4. The van der Waals surface area contributed by atoms with Crippen molar-refractivity contribution in [3.63, 3.8) is 0 Å². The van der Waals surface area contributed by atoms with Crippen molar-refractivity contribution in [1.82, 2.24) is 4.31 Å². The number of nitrogens with zero attached hydrogens (tertiary/aromatic N) is 2. The quantitative estimate of drug-likeness (QED) is 0.332. The van der Waals surface area contributed by atoms with Crippen LogP contribution in [0.3, 0.4) is 0 Å². The number of benzene rings is 1. The summed E-state index contributed by atoms with van der Waals surface area (Å²) < 4.78 is 25.1. The van der Waals surface area contributed by atoms with Gasteiger partial charge in [-0.2, -0.15) is 0 Å². The van der Waals surface area contributed by atoms with Crippen molar-refractivity contribution in [3.05, 3.63) is 39.9 Å². The maximum absolute atomic E-state index is 12.0. The first kappa shape index (κ1) is 16.1. The third kappa shape index (κ3) is 4.33. The summed E-state index contributed by atoms with van der Waals surface area (Å²) in [7, 11) is -2.05. The van der Waals surface area contributed by atoms with Gasteiger partial charge in [0, 0.05) is 31.6 Å². The van der Waals surface area contributed by atoms with Crippen LogP contribution in [0.25, 0.3) is 0 Å². The highest BCUT2D eigenvalue weighted by atomic mass is 32.2. The molecule has 0 aliphatic rings. The number of nitro groups is 1. The van der Waals surface area contributed by atoms with Crippen LogP contribution < -0.4 is 0 Å². The minimum atomic E-state index is -3.46. The zero-order chi connectivity index (χ0) is 15.2. The zero-order valence-electron chi connectivity index (χ0n) is 11.2. The second-order valence-electron chi connectivity index (χ2n) is 4.27. The molecule has 0 aromatic heterocycles. The van der Waals surface area contributed by atoms with Crippen LogP contribution in [0.1, 0.15) is 18.4 Å². The van der Waals surface area contributed by atoms with Crippen LogP contribution in [0.5, 0.6) is 0 Å². The fraction of sp³-hybridized carbons (Fsp3) is 0.385. The van der Waals surface area contributed by atoms with E-state index in [1.54, 1.807) is 18.2 Å². The Bertz CT molecular complexity index is 620. The molecule has 0 fully saturated rings. The monoisotopic (exact) mass is 296 g/mol. The molecule has 0 aliphatic carbocycles. The largest absolute Gasteiger partial charge is 0.273 e. The maximum atomic E-state index is 12.0. The highest BCUT2D eigenvalue weighted by molar-refractivity contribution is 7.89. The van der Waals surface area contributed by atoms with E-state index in [-0.39, 0.29) is 18.0 Å². The Hall–Kier alpha value is -1.91. The van der Waals surface area contributed by atoms with Gasteiger partial charge >= 0.3 is 0 Å². The number of rotatable bonds is 7. The lowest BCUT2D eigenvalue weighted by molar-refractivity contribution is -0.385. The summed E-state index contributed by atoms with van der Waals surface area (Å²) in [4.78, 5) is 10.4. The summed E-state index contributed by atoms with van der Waals surface area (Å²) in [6.07, 6.45) is 5.84. The minimum absolute atomic E-state index is 0.0322. The van der Waals surface area contributed by atoms with Crippen LogP contribution in [-0.2, 0) is 16.6 Å². The van der Waals surface area contributed by atoms with Crippen LogP contribution in [0, 0.1) is 22.5 Å². The van der Waals surface area contributed by atoms with Gasteiger partial charge in [-0.15, -0.1) is 12.3 Å². The van der Waals surface area contributed by atoms with Gasteiger partial charge in [-0.1, -0.05) is 18.2 Å². The SMILES string of the molecule is C#CCCCS(=O)(=O)N(C)Cc1ccccc1[N+](=O)[O-]. The van der Waals surface area contributed by atoms with Crippen LogP contribution >= 0.6 is 0 Å². The number of unbranched alkanes of at least 4 members (excludes halogenated alkanes) is 1. The normalized spacial score (nSPS) is 11.2. The number of sulfonamides is 1. The van der Waals surface area contributed by atoms with Gasteiger partial charge in [0.25, 0.3) is 5.69 Å². The fourth-order valence-corrected chi connectivity index (χ4v) is 2.83. The van der Waals surface area contributed by atoms with Gasteiger partial charge in [-0.25, -0.2) is 12.7 Å². The molecule has 0 saturated heterocycles. The van der Waals surface area contributed by atoms with Gasteiger partial charge < -0.3 is 0 Å². The Kier molecular flexibility index (Phi) is 5.67. The Balaban J connectivity index is 2.83. The maximum Gasteiger partial charge on any atom is 0.273 e. The molecule has 0 amide bonds. The van der Waals surface area contributed by atoms with E-state index < -0.39 is 14.9 Å². The summed E-state index contributed by atoms with van der Waals surface area (Å²) >= 11 is 0. The fourth-order valence-electron chi connectivity index (χ4n) is 1.67. The second kappa shape index (κ2) is 7.03. The van der Waals surface area contributed by atoms with E-state index in [0.29, 0.717) is 18.4 Å². The summed E-state index contributed by atoms with van der Waals surface area (Å²) in [5.41, 5.74) is 0.277. The molecule has 7 heteroatoms. The topological polar surface area (TPSA) is 80.5 Å². The number of hydrogen-bond donors (Lipinski definition) is 0. The molecule has 1 aromatic rings. The molecule has 108 valence electrons. The van der Waals surface area contributed by atoms with E-state index in [0.717, 1.165) is 4.31 Å². The molecule has 0 aliphatic heterocycles. The Labute approximate surface area is 118 Å². The summed E-state index contributed by atoms with van der Waals surface area (Å²) in [5.74, 6) is 2.32. The first-order valence-corrected chi connectivity index (χ1v) is 7.59. The van der Waals surface area contributed by atoms with Crippen molar-refractivity contribution in [2.24, 2.45) is 0 Å². The minimum Gasteiger partial charge on any atom is -0.258 e. The summed E-state index contributed by atoms with van der Waals surface area (Å²) in [6.45, 7) is -0.0322. The van der Waals surface area contributed by atoms with Gasteiger partial charge in [0.05, 0.1) is 10.7 Å². The third-order valence-corrected chi connectivity index (χ3v) is 4.66. The lowest BCUT2D eigenvalue weighted by Crippen LogP contribution is -2.29. The standard InChI is InChI=1S/C13H16N2O4S/c1-3-4-7-10-20(18,19)14(2)11-12-8-5-6-9-13(12)15(16)17/h1,5-6,8-9H,4,7,10-11H2,2H3. The third-order valence-electron chi connectivity index (χ3n) is 2.78. The van der Waals surface area contributed by atoms with Crippen molar-refractivity contribution < 1.29 is 13.3 Å². The molecule has 0 saturated carbocycles. The molecular formula is C13H16N2O4S. The van der Waals surface area contributed by atoms with Gasteiger partial charge in [-0.3, -0.25) is 10.1 Å². The summed E-state index contributed by atoms with van der Waals surface area (Å²) in [6, 6.07) is 6.09. The van der Waals surface area contributed by atoms with Crippen LogP contribution in [0.4, 0.5) is 5.69 Å². The predicted molar refractivity (Wildman–Crippen MR) is 76.4 cm³/mol. The van der Waals surface area contributed by atoms with Gasteiger partial charge in [0.1, 0.15) is 0 Å². The number of nitro benzene ring substituents is 1. The zero-order valence-corrected chi connectivity index (χ0v) is 12.0. The molecule has 0 radical (unpaired) electrons. The molecule has 0 heterocycles.